The molecule has 0 saturated carbocycles. The highest BCUT2D eigenvalue weighted by atomic mass is 32.2. The fourth-order valence-corrected chi connectivity index (χ4v) is 5.88. The van der Waals surface area contributed by atoms with Crippen molar-refractivity contribution < 1.29 is 17.9 Å². The Balaban J connectivity index is 1.40. The van der Waals surface area contributed by atoms with Crippen LogP contribution in [0.2, 0.25) is 0 Å². The van der Waals surface area contributed by atoms with Gasteiger partial charge in [0.05, 0.1) is 24.8 Å². The summed E-state index contributed by atoms with van der Waals surface area (Å²) < 4.78 is 38.0. The summed E-state index contributed by atoms with van der Waals surface area (Å²) in [4.78, 5) is 7.18. The number of methoxy groups -OCH3 is 2. The van der Waals surface area contributed by atoms with Gasteiger partial charge in [-0.2, -0.15) is 4.31 Å². The molecule has 3 aromatic rings. The standard InChI is InChI=1S/C22H25N3O4S2/c1-28-19-6-3-5-17(14-19)13-18-16-30-22(23-18)24-9-11-25(12-10-24)31(26,27)21-8-4-7-20(15-21)29-2/h3-8,14-16H,9-13H2,1-2H3. The molecule has 1 saturated heterocycles. The van der Waals surface area contributed by atoms with Crippen molar-refractivity contribution >= 4 is 26.5 Å². The molecule has 0 N–H and O–H groups in total. The summed E-state index contributed by atoms with van der Waals surface area (Å²) in [6.07, 6.45) is 0.734. The minimum Gasteiger partial charge on any atom is -0.497 e. The van der Waals surface area contributed by atoms with Crippen LogP contribution in [0.1, 0.15) is 11.3 Å². The molecule has 31 heavy (non-hydrogen) atoms. The van der Waals surface area contributed by atoms with Crippen LogP contribution >= 0.6 is 11.3 Å². The number of sulfonamides is 1. The van der Waals surface area contributed by atoms with Crippen LogP contribution in [0.4, 0.5) is 5.13 Å². The zero-order chi connectivity index (χ0) is 21.8. The molecule has 1 aromatic heterocycles. The van der Waals surface area contributed by atoms with Crippen molar-refractivity contribution in [2.45, 2.75) is 11.3 Å². The Kier molecular flexibility index (Phi) is 6.45. The average molecular weight is 460 g/mol. The zero-order valence-electron chi connectivity index (χ0n) is 17.5. The van der Waals surface area contributed by atoms with Crippen LogP contribution in [0.3, 0.4) is 0 Å². The lowest BCUT2D eigenvalue weighted by molar-refractivity contribution is 0.383. The molecule has 2 heterocycles. The number of anilines is 1. The minimum atomic E-state index is -3.54. The second kappa shape index (κ2) is 9.25. The number of thiazole rings is 1. The maximum atomic E-state index is 13.0. The van der Waals surface area contributed by atoms with Gasteiger partial charge in [-0.25, -0.2) is 13.4 Å². The number of piperazine rings is 1. The molecule has 0 spiro atoms. The molecule has 0 amide bonds. The molecule has 1 aliphatic rings. The molecule has 1 fully saturated rings. The topological polar surface area (TPSA) is 72.0 Å². The van der Waals surface area contributed by atoms with Gasteiger partial charge in [0, 0.05) is 44.0 Å². The summed E-state index contributed by atoms with van der Waals surface area (Å²) in [5, 5.41) is 2.99. The molecule has 0 aliphatic carbocycles. The van der Waals surface area contributed by atoms with Gasteiger partial charge < -0.3 is 14.4 Å². The Morgan fingerprint density at radius 3 is 2.35 bits per heavy atom. The van der Waals surface area contributed by atoms with Gasteiger partial charge in [0.25, 0.3) is 0 Å². The third kappa shape index (κ3) is 4.84. The van der Waals surface area contributed by atoms with Crippen molar-refractivity contribution in [3.63, 3.8) is 0 Å². The van der Waals surface area contributed by atoms with Crippen molar-refractivity contribution in [1.82, 2.24) is 9.29 Å². The Hall–Kier alpha value is -2.62. The number of hydrogen-bond acceptors (Lipinski definition) is 7. The van der Waals surface area contributed by atoms with Crippen LogP contribution in [-0.2, 0) is 16.4 Å². The third-order valence-corrected chi connectivity index (χ3v) is 8.09. The van der Waals surface area contributed by atoms with Crippen molar-refractivity contribution in [2.75, 3.05) is 45.3 Å². The molecule has 164 valence electrons. The van der Waals surface area contributed by atoms with Crippen LogP contribution in [0.25, 0.3) is 0 Å². The Morgan fingerprint density at radius 1 is 0.968 bits per heavy atom. The van der Waals surface area contributed by atoms with Crippen LogP contribution in [-0.4, -0.2) is 58.1 Å². The molecule has 0 bridgehead atoms. The van der Waals surface area contributed by atoms with Crippen molar-refractivity contribution in [3.05, 3.63) is 65.2 Å². The second-order valence-corrected chi connectivity index (χ2v) is 9.99. The van der Waals surface area contributed by atoms with Crippen LogP contribution < -0.4 is 14.4 Å². The Labute approximate surface area is 186 Å². The van der Waals surface area contributed by atoms with E-state index in [2.05, 4.69) is 16.3 Å². The monoisotopic (exact) mass is 459 g/mol. The summed E-state index contributed by atoms with van der Waals surface area (Å²) >= 11 is 1.59. The fraction of sp³-hybridized carbons (Fsp3) is 0.318. The van der Waals surface area contributed by atoms with Gasteiger partial charge in [-0.3, -0.25) is 0 Å². The second-order valence-electron chi connectivity index (χ2n) is 7.22. The quantitative estimate of drug-likeness (QED) is 0.540. The highest BCUT2D eigenvalue weighted by molar-refractivity contribution is 7.89. The molecule has 2 aromatic carbocycles. The van der Waals surface area contributed by atoms with Gasteiger partial charge in [0.15, 0.2) is 5.13 Å². The smallest absolute Gasteiger partial charge is 0.243 e. The van der Waals surface area contributed by atoms with Crippen molar-refractivity contribution in [1.29, 1.82) is 0 Å². The summed E-state index contributed by atoms with van der Waals surface area (Å²) in [5.74, 6) is 1.37. The minimum absolute atomic E-state index is 0.259. The Morgan fingerprint density at radius 2 is 1.65 bits per heavy atom. The number of hydrogen-bond donors (Lipinski definition) is 0. The molecule has 7 nitrogen and oxygen atoms in total. The zero-order valence-corrected chi connectivity index (χ0v) is 19.2. The van der Waals surface area contributed by atoms with Gasteiger partial charge in [-0.1, -0.05) is 18.2 Å². The highest BCUT2D eigenvalue weighted by Gasteiger charge is 2.29. The van der Waals surface area contributed by atoms with E-state index in [-0.39, 0.29) is 4.90 Å². The van der Waals surface area contributed by atoms with Gasteiger partial charge in [0.1, 0.15) is 11.5 Å². The molecule has 0 unspecified atom stereocenters. The fourth-order valence-electron chi connectivity index (χ4n) is 3.54. The average Bonchev–Trinajstić information content (AvgIpc) is 3.27. The first-order valence-electron chi connectivity index (χ1n) is 9.96. The molecule has 1 aliphatic heterocycles. The number of rotatable bonds is 7. The molecular weight excluding hydrogens is 434 g/mol. The summed E-state index contributed by atoms with van der Waals surface area (Å²) in [5.41, 5.74) is 2.14. The Bertz CT molecular complexity index is 1140. The number of nitrogens with zero attached hydrogens (tertiary/aromatic N) is 3. The highest BCUT2D eigenvalue weighted by Crippen LogP contribution is 2.26. The molecule has 0 radical (unpaired) electrons. The molecule has 4 rings (SSSR count). The normalized spacial score (nSPS) is 15.1. The lowest BCUT2D eigenvalue weighted by atomic mass is 10.1. The van der Waals surface area contributed by atoms with Crippen molar-refractivity contribution in [2.24, 2.45) is 0 Å². The summed E-state index contributed by atoms with van der Waals surface area (Å²) in [6.45, 7) is 2.05. The van der Waals surface area contributed by atoms with E-state index in [4.69, 9.17) is 14.5 Å². The maximum Gasteiger partial charge on any atom is 0.243 e. The van der Waals surface area contributed by atoms with E-state index < -0.39 is 10.0 Å². The van der Waals surface area contributed by atoms with Crippen LogP contribution in [0.15, 0.2) is 58.8 Å². The largest absolute Gasteiger partial charge is 0.497 e. The number of ether oxygens (including phenoxy) is 2. The maximum absolute atomic E-state index is 13.0. The lowest BCUT2D eigenvalue weighted by Gasteiger charge is -2.33. The number of benzene rings is 2. The summed E-state index contributed by atoms with van der Waals surface area (Å²) in [6, 6.07) is 14.6. The van der Waals surface area contributed by atoms with Gasteiger partial charge in [-0.15, -0.1) is 11.3 Å². The lowest BCUT2D eigenvalue weighted by Crippen LogP contribution is -2.48. The molecule has 0 atom stereocenters. The van der Waals surface area contributed by atoms with E-state index in [0.29, 0.717) is 31.9 Å². The predicted molar refractivity (Wildman–Crippen MR) is 122 cm³/mol. The van der Waals surface area contributed by atoms with Crippen LogP contribution in [0.5, 0.6) is 11.5 Å². The SMILES string of the molecule is COc1cccc(Cc2csc(N3CCN(S(=O)(=O)c4cccc(OC)c4)CC3)n2)c1. The first-order valence-corrected chi connectivity index (χ1v) is 12.3. The number of aromatic nitrogens is 1. The van der Waals surface area contributed by atoms with Crippen molar-refractivity contribution in [3.8, 4) is 11.5 Å². The van der Waals surface area contributed by atoms with E-state index in [1.807, 2.05) is 18.2 Å². The van der Waals surface area contributed by atoms with Crippen LogP contribution in [0, 0.1) is 0 Å². The van der Waals surface area contributed by atoms with Gasteiger partial charge in [-0.05, 0) is 29.8 Å². The van der Waals surface area contributed by atoms with Gasteiger partial charge >= 0.3 is 0 Å². The third-order valence-electron chi connectivity index (χ3n) is 5.25. The van der Waals surface area contributed by atoms with E-state index in [1.165, 1.54) is 11.4 Å². The summed E-state index contributed by atoms with van der Waals surface area (Å²) in [7, 11) is -0.355. The van der Waals surface area contributed by atoms with E-state index in [0.717, 1.165) is 28.6 Å². The van der Waals surface area contributed by atoms with Gasteiger partial charge in [0.2, 0.25) is 10.0 Å². The molecule has 9 heteroatoms. The first kappa shape index (κ1) is 21.6. The molecular formula is C22H25N3O4S2. The van der Waals surface area contributed by atoms with E-state index >= 15 is 0 Å². The predicted octanol–water partition coefficient (Wildman–Crippen LogP) is 3.26. The van der Waals surface area contributed by atoms with E-state index in [1.54, 1.807) is 42.7 Å². The first-order chi connectivity index (χ1) is 15.0. The van der Waals surface area contributed by atoms with E-state index in [9.17, 15) is 8.42 Å².